The minimum absolute atomic E-state index is 0.0568. The normalized spacial score (nSPS) is 15.2. The molecule has 1 aliphatic rings. The molecular formula is C21H21ClF3N5S2. The first-order valence-corrected chi connectivity index (χ1v) is 12.3. The first-order valence-electron chi connectivity index (χ1n) is 9.82. The van der Waals surface area contributed by atoms with Gasteiger partial charge in [-0.25, -0.2) is 9.97 Å². The summed E-state index contributed by atoms with van der Waals surface area (Å²) in [6, 6.07) is 7.29. The number of hydrogen-bond acceptors (Lipinski definition) is 7. The summed E-state index contributed by atoms with van der Waals surface area (Å²) in [6.45, 7) is 3.76. The van der Waals surface area contributed by atoms with E-state index in [0.717, 1.165) is 43.0 Å². The van der Waals surface area contributed by atoms with Gasteiger partial charge in [-0.1, -0.05) is 11.6 Å². The number of thiophene rings is 1. The topological polar surface area (TPSA) is 44.3 Å². The van der Waals surface area contributed by atoms with Crippen LogP contribution in [0.25, 0.3) is 10.6 Å². The van der Waals surface area contributed by atoms with E-state index in [9.17, 15) is 13.2 Å². The number of nitrogens with one attached hydrogen (secondary N) is 1. The molecule has 1 fully saturated rings. The average Bonchev–Trinajstić information content (AvgIpc) is 3.24. The Labute approximate surface area is 197 Å². The highest BCUT2D eigenvalue weighted by Gasteiger charge is 2.36. The van der Waals surface area contributed by atoms with Crippen molar-refractivity contribution >= 4 is 52.0 Å². The van der Waals surface area contributed by atoms with E-state index < -0.39 is 11.7 Å². The highest BCUT2D eigenvalue weighted by molar-refractivity contribution is 7.98. The van der Waals surface area contributed by atoms with Gasteiger partial charge in [0.1, 0.15) is 5.56 Å². The Balaban J connectivity index is 1.61. The number of piperazine rings is 1. The smallest absolute Gasteiger partial charge is 0.369 e. The minimum Gasteiger partial charge on any atom is -0.369 e. The summed E-state index contributed by atoms with van der Waals surface area (Å²) in [6.07, 6.45) is -1.87. The highest BCUT2D eigenvalue weighted by atomic mass is 35.5. The van der Waals surface area contributed by atoms with Gasteiger partial charge in [0, 0.05) is 48.3 Å². The van der Waals surface area contributed by atoms with Crippen LogP contribution in [0.3, 0.4) is 0 Å². The lowest BCUT2D eigenvalue weighted by Crippen LogP contribution is -2.44. The fourth-order valence-electron chi connectivity index (χ4n) is 3.37. The molecule has 0 amide bonds. The molecule has 1 aromatic carbocycles. The molecule has 0 atom stereocenters. The van der Waals surface area contributed by atoms with Crippen LogP contribution in [0.2, 0.25) is 5.02 Å². The van der Waals surface area contributed by atoms with E-state index in [-0.39, 0.29) is 11.6 Å². The van der Waals surface area contributed by atoms with Gasteiger partial charge in [0.25, 0.3) is 0 Å². The van der Waals surface area contributed by atoms with E-state index in [0.29, 0.717) is 15.6 Å². The molecule has 32 heavy (non-hydrogen) atoms. The van der Waals surface area contributed by atoms with Gasteiger partial charge in [-0.05, 0) is 37.6 Å². The van der Waals surface area contributed by atoms with Gasteiger partial charge >= 0.3 is 6.18 Å². The number of hydrogen-bond donors (Lipinski definition) is 1. The van der Waals surface area contributed by atoms with Crippen molar-refractivity contribution in [3.05, 3.63) is 46.4 Å². The fraction of sp³-hybridized carbons (Fsp3) is 0.333. The van der Waals surface area contributed by atoms with Crippen molar-refractivity contribution in [1.29, 1.82) is 0 Å². The van der Waals surface area contributed by atoms with E-state index >= 15 is 0 Å². The number of alkyl halides is 3. The van der Waals surface area contributed by atoms with Crippen LogP contribution >= 0.6 is 34.7 Å². The Morgan fingerprint density at radius 2 is 1.91 bits per heavy atom. The number of thioether (sulfide) groups is 1. The second-order valence-corrected chi connectivity index (χ2v) is 9.58. The van der Waals surface area contributed by atoms with E-state index in [1.54, 1.807) is 12.1 Å². The lowest BCUT2D eigenvalue weighted by molar-refractivity contribution is -0.137. The van der Waals surface area contributed by atoms with Gasteiger partial charge in [-0.15, -0.1) is 23.1 Å². The monoisotopic (exact) mass is 499 g/mol. The predicted octanol–water partition coefficient (Wildman–Crippen LogP) is 6.09. The molecule has 3 aromatic rings. The minimum atomic E-state index is -4.56. The van der Waals surface area contributed by atoms with Gasteiger partial charge in [0.15, 0.2) is 0 Å². The van der Waals surface area contributed by atoms with Crippen molar-refractivity contribution in [2.45, 2.75) is 11.1 Å². The first-order chi connectivity index (χ1) is 15.2. The Kier molecular flexibility index (Phi) is 6.85. The van der Waals surface area contributed by atoms with E-state index in [1.165, 1.54) is 23.1 Å². The third-order valence-corrected chi connectivity index (χ3v) is 7.31. The fourth-order valence-corrected chi connectivity index (χ4v) is 5.21. The van der Waals surface area contributed by atoms with Crippen LogP contribution in [-0.2, 0) is 6.18 Å². The molecule has 4 rings (SSSR count). The SMILES string of the molecule is CSc1csc(-c2nc(Nc3ccc(N4CCN(C)CC4)cc3Cl)ncc2C(F)(F)F)c1. The van der Waals surface area contributed by atoms with Crippen molar-refractivity contribution in [2.75, 3.05) is 49.7 Å². The summed E-state index contributed by atoms with van der Waals surface area (Å²) in [4.78, 5) is 13.9. The van der Waals surface area contributed by atoms with Crippen molar-refractivity contribution in [2.24, 2.45) is 0 Å². The second-order valence-electron chi connectivity index (χ2n) is 7.38. The number of nitrogens with zero attached hydrogens (tertiary/aromatic N) is 4. The molecule has 0 aliphatic carbocycles. The van der Waals surface area contributed by atoms with Crippen LogP contribution in [-0.4, -0.2) is 54.4 Å². The van der Waals surface area contributed by atoms with Gasteiger partial charge in [0.2, 0.25) is 5.95 Å². The second kappa shape index (κ2) is 9.46. The molecule has 0 bridgehead atoms. The Bertz CT molecular complexity index is 1100. The molecule has 1 N–H and O–H groups in total. The van der Waals surface area contributed by atoms with E-state index in [2.05, 4.69) is 32.1 Å². The summed E-state index contributed by atoms with van der Waals surface area (Å²) in [5, 5.41) is 5.23. The van der Waals surface area contributed by atoms with Crippen molar-refractivity contribution in [3.63, 3.8) is 0 Å². The number of anilines is 3. The molecule has 0 saturated carbocycles. The number of rotatable bonds is 5. The maximum absolute atomic E-state index is 13.6. The van der Waals surface area contributed by atoms with Crippen LogP contribution < -0.4 is 10.2 Å². The largest absolute Gasteiger partial charge is 0.420 e. The Morgan fingerprint density at radius 1 is 1.16 bits per heavy atom. The van der Waals surface area contributed by atoms with Crippen molar-refractivity contribution < 1.29 is 13.2 Å². The first kappa shape index (κ1) is 23.2. The third-order valence-electron chi connectivity index (χ3n) is 5.21. The molecule has 2 aromatic heterocycles. The van der Waals surface area contributed by atoms with Gasteiger partial charge < -0.3 is 15.1 Å². The molecule has 170 valence electrons. The Morgan fingerprint density at radius 3 is 2.53 bits per heavy atom. The maximum Gasteiger partial charge on any atom is 0.420 e. The molecule has 0 unspecified atom stereocenters. The predicted molar refractivity (Wildman–Crippen MR) is 127 cm³/mol. The van der Waals surface area contributed by atoms with Crippen LogP contribution in [0.5, 0.6) is 0 Å². The summed E-state index contributed by atoms with van der Waals surface area (Å²) in [5.41, 5.74) is 0.525. The summed E-state index contributed by atoms with van der Waals surface area (Å²) in [5.74, 6) is 0.0568. The maximum atomic E-state index is 13.6. The Hall–Kier alpha value is -2.01. The van der Waals surface area contributed by atoms with E-state index in [1.807, 2.05) is 23.8 Å². The molecular weight excluding hydrogens is 479 g/mol. The number of benzene rings is 1. The molecule has 0 spiro atoms. The van der Waals surface area contributed by atoms with Crippen LogP contribution in [0.15, 0.2) is 40.7 Å². The third kappa shape index (κ3) is 5.14. The molecule has 5 nitrogen and oxygen atoms in total. The molecule has 3 heterocycles. The standard InChI is InChI=1S/C21H21ClF3N5S2/c1-29-5-7-30(8-6-29)13-3-4-17(16(22)9-13)27-20-26-11-15(21(23,24)25)19(28-20)18-10-14(31-2)12-32-18/h3-4,9-12H,5-8H2,1-2H3,(H,26,27,28). The van der Waals surface area contributed by atoms with Crippen molar-refractivity contribution in [1.82, 2.24) is 14.9 Å². The molecule has 1 aliphatic heterocycles. The zero-order valence-electron chi connectivity index (χ0n) is 17.4. The van der Waals surface area contributed by atoms with Gasteiger partial charge in [0.05, 0.1) is 21.3 Å². The number of halogens is 4. The summed E-state index contributed by atoms with van der Waals surface area (Å²) < 4.78 is 40.7. The summed E-state index contributed by atoms with van der Waals surface area (Å²) in [7, 11) is 2.09. The van der Waals surface area contributed by atoms with Gasteiger partial charge in [-0.3, -0.25) is 0 Å². The van der Waals surface area contributed by atoms with Crippen molar-refractivity contribution in [3.8, 4) is 10.6 Å². The van der Waals surface area contributed by atoms with E-state index in [4.69, 9.17) is 11.6 Å². The zero-order chi connectivity index (χ0) is 22.9. The number of likely N-dealkylation sites (N-methyl/N-ethyl adjacent to an activating group) is 1. The zero-order valence-corrected chi connectivity index (χ0v) is 19.8. The molecule has 11 heteroatoms. The van der Waals surface area contributed by atoms with Crippen LogP contribution in [0.4, 0.5) is 30.5 Å². The molecule has 0 radical (unpaired) electrons. The van der Waals surface area contributed by atoms with Crippen LogP contribution in [0.1, 0.15) is 5.56 Å². The molecule has 1 saturated heterocycles. The number of aromatic nitrogens is 2. The lowest BCUT2D eigenvalue weighted by Gasteiger charge is -2.34. The van der Waals surface area contributed by atoms with Crippen LogP contribution in [0, 0.1) is 0 Å². The summed E-state index contributed by atoms with van der Waals surface area (Å²) >= 11 is 9.16. The quantitative estimate of drug-likeness (QED) is 0.428. The van der Waals surface area contributed by atoms with Gasteiger partial charge in [-0.2, -0.15) is 13.2 Å². The highest BCUT2D eigenvalue weighted by Crippen LogP contribution is 2.40. The average molecular weight is 500 g/mol. The lowest BCUT2D eigenvalue weighted by atomic mass is 10.2.